The molecule has 0 atom stereocenters. The lowest BCUT2D eigenvalue weighted by Gasteiger charge is -2.18. The minimum atomic E-state index is -0.343. The third-order valence-electron chi connectivity index (χ3n) is 4.64. The van der Waals surface area contributed by atoms with E-state index in [1.807, 2.05) is 24.3 Å². The molecule has 0 bridgehead atoms. The number of carbonyl (C=O) groups is 2. The number of amides is 2. The second kappa shape index (κ2) is 6.16. The number of nitrogens with zero attached hydrogens (tertiary/aromatic N) is 3. The number of hydrogen-bond donors (Lipinski definition) is 0. The van der Waals surface area contributed by atoms with Crippen LogP contribution in [-0.4, -0.2) is 26.9 Å². The van der Waals surface area contributed by atoms with Crippen molar-refractivity contribution in [3.05, 3.63) is 71.1 Å². The van der Waals surface area contributed by atoms with Crippen molar-refractivity contribution < 1.29 is 14.0 Å². The molecule has 27 heavy (non-hydrogen) atoms. The van der Waals surface area contributed by atoms with E-state index in [4.69, 9.17) is 4.42 Å². The minimum absolute atomic E-state index is 0.0422. The lowest BCUT2D eigenvalue weighted by Crippen LogP contribution is -2.29. The summed E-state index contributed by atoms with van der Waals surface area (Å²) in [5, 5.41) is 8.05. The Morgan fingerprint density at radius 1 is 0.889 bits per heavy atom. The fraction of sp³-hybridized carbons (Fsp3) is 0.238. The molecule has 3 aromatic rings. The summed E-state index contributed by atoms with van der Waals surface area (Å²) in [5.74, 6) is -0.101. The Labute approximate surface area is 156 Å². The quantitative estimate of drug-likeness (QED) is 0.663. The maximum Gasteiger partial charge on any atom is 0.262 e. The van der Waals surface area contributed by atoms with Gasteiger partial charge in [-0.2, -0.15) is 0 Å². The third kappa shape index (κ3) is 3.03. The summed E-state index contributed by atoms with van der Waals surface area (Å²) < 4.78 is 5.68. The van der Waals surface area contributed by atoms with Gasteiger partial charge in [-0.25, -0.2) is 0 Å². The van der Waals surface area contributed by atoms with E-state index in [2.05, 4.69) is 31.0 Å². The van der Waals surface area contributed by atoms with E-state index in [0.29, 0.717) is 17.0 Å². The molecule has 2 heterocycles. The van der Waals surface area contributed by atoms with Crippen molar-refractivity contribution in [2.24, 2.45) is 0 Å². The van der Waals surface area contributed by atoms with Gasteiger partial charge in [0.05, 0.1) is 11.1 Å². The molecule has 0 radical (unpaired) electrons. The van der Waals surface area contributed by atoms with E-state index in [9.17, 15) is 9.59 Å². The zero-order chi connectivity index (χ0) is 19.2. The van der Waals surface area contributed by atoms with Gasteiger partial charge in [0.2, 0.25) is 11.8 Å². The van der Waals surface area contributed by atoms with Gasteiger partial charge >= 0.3 is 0 Å². The van der Waals surface area contributed by atoms with Crippen LogP contribution in [0.25, 0.3) is 11.5 Å². The molecule has 6 heteroatoms. The summed E-state index contributed by atoms with van der Waals surface area (Å²) >= 11 is 0. The molecule has 0 aliphatic carbocycles. The number of hydrogen-bond acceptors (Lipinski definition) is 5. The largest absolute Gasteiger partial charge is 0.419 e. The van der Waals surface area contributed by atoms with E-state index >= 15 is 0 Å². The highest BCUT2D eigenvalue weighted by Gasteiger charge is 2.36. The smallest absolute Gasteiger partial charge is 0.262 e. The van der Waals surface area contributed by atoms with Crippen molar-refractivity contribution in [3.63, 3.8) is 0 Å². The molecular formula is C21H19N3O3. The molecule has 6 nitrogen and oxygen atoms in total. The van der Waals surface area contributed by atoms with Crippen molar-refractivity contribution in [1.82, 2.24) is 15.1 Å². The van der Waals surface area contributed by atoms with Crippen LogP contribution < -0.4 is 0 Å². The summed E-state index contributed by atoms with van der Waals surface area (Å²) in [4.78, 5) is 26.0. The topological polar surface area (TPSA) is 76.3 Å². The second-order valence-electron chi connectivity index (χ2n) is 7.57. The van der Waals surface area contributed by atoms with Crippen LogP contribution in [0.4, 0.5) is 0 Å². The van der Waals surface area contributed by atoms with Gasteiger partial charge in [0.15, 0.2) is 0 Å². The highest BCUT2D eigenvalue weighted by molar-refractivity contribution is 6.21. The standard InChI is InChI=1S/C21H19N3O3/c1-21(2,3)14-10-8-13(9-11-14)18-23-22-17(27-18)12-24-19(25)15-6-4-5-7-16(15)20(24)26/h4-11H,12H2,1-3H3. The van der Waals surface area contributed by atoms with Crippen molar-refractivity contribution in [2.75, 3.05) is 0 Å². The zero-order valence-corrected chi connectivity index (χ0v) is 15.4. The lowest BCUT2D eigenvalue weighted by molar-refractivity contribution is 0.0629. The first-order valence-electron chi connectivity index (χ1n) is 8.73. The van der Waals surface area contributed by atoms with Crippen LogP contribution in [0.3, 0.4) is 0 Å². The number of benzene rings is 2. The van der Waals surface area contributed by atoms with Crippen LogP contribution in [0, 0.1) is 0 Å². The predicted octanol–water partition coefficient (Wildman–Crippen LogP) is 3.83. The molecule has 0 saturated carbocycles. The molecule has 0 spiro atoms. The third-order valence-corrected chi connectivity index (χ3v) is 4.64. The monoisotopic (exact) mass is 361 g/mol. The fourth-order valence-corrected chi connectivity index (χ4v) is 3.06. The first-order valence-corrected chi connectivity index (χ1v) is 8.73. The van der Waals surface area contributed by atoms with Crippen molar-refractivity contribution >= 4 is 11.8 Å². The summed E-state index contributed by atoms with van der Waals surface area (Å²) in [7, 11) is 0. The average molecular weight is 361 g/mol. The molecule has 0 N–H and O–H groups in total. The fourth-order valence-electron chi connectivity index (χ4n) is 3.06. The SMILES string of the molecule is CC(C)(C)c1ccc(-c2nnc(CN3C(=O)c4ccccc4C3=O)o2)cc1. The van der Waals surface area contributed by atoms with E-state index < -0.39 is 0 Å². The van der Waals surface area contributed by atoms with E-state index in [0.717, 1.165) is 10.5 Å². The Morgan fingerprint density at radius 2 is 1.48 bits per heavy atom. The second-order valence-corrected chi connectivity index (χ2v) is 7.57. The van der Waals surface area contributed by atoms with Crippen LogP contribution in [0.15, 0.2) is 52.9 Å². The van der Waals surface area contributed by atoms with Crippen LogP contribution in [0.5, 0.6) is 0 Å². The van der Waals surface area contributed by atoms with Gasteiger partial charge in [-0.05, 0) is 35.2 Å². The Bertz CT molecular complexity index is 994. The summed E-state index contributed by atoms with van der Waals surface area (Å²) in [6.07, 6.45) is 0. The molecule has 2 amide bonds. The van der Waals surface area contributed by atoms with Gasteiger partial charge in [0.25, 0.3) is 11.8 Å². The van der Waals surface area contributed by atoms with Crippen LogP contribution in [0.2, 0.25) is 0 Å². The van der Waals surface area contributed by atoms with Gasteiger partial charge in [0, 0.05) is 5.56 Å². The van der Waals surface area contributed by atoms with Crippen molar-refractivity contribution in [2.45, 2.75) is 32.7 Å². The number of fused-ring (bicyclic) bond motifs is 1. The molecule has 2 aromatic carbocycles. The number of rotatable bonds is 3. The Balaban J connectivity index is 1.54. The first-order chi connectivity index (χ1) is 12.8. The minimum Gasteiger partial charge on any atom is -0.419 e. The molecule has 0 unspecified atom stereocenters. The van der Waals surface area contributed by atoms with Crippen LogP contribution in [-0.2, 0) is 12.0 Å². The van der Waals surface area contributed by atoms with Gasteiger partial charge in [-0.15, -0.1) is 10.2 Å². The van der Waals surface area contributed by atoms with Gasteiger partial charge in [0.1, 0.15) is 6.54 Å². The number of imide groups is 1. The van der Waals surface area contributed by atoms with E-state index in [1.165, 1.54) is 5.56 Å². The molecule has 4 rings (SSSR count). The van der Waals surface area contributed by atoms with Crippen molar-refractivity contribution in [1.29, 1.82) is 0 Å². The zero-order valence-electron chi connectivity index (χ0n) is 15.4. The molecule has 136 valence electrons. The maximum absolute atomic E-state index is 12.4. The van der Waals surface area contributed by atoms with Crippen LogP contribution >= 0.6 is 0 Å². The van der Waals surface area contributed by atoms with Gasteiger partial charge in [-0.3, -0.25) is 14.5 Å². The van der Waals surface area contributed by atoms with Crippen molar-refractivity contribution in [3.8, 4) is 11.5 Å². The summed E-state index contributed by atoms with van der Waals surface area (Å²) in [6.45, 7) is 6.40. The highest BCUT2D eigenvalue weighted by Crippen LogP contribution is 2.27. The number of carbonyl (C=O) groups excluding carboxylic acids is 2. The Kier molecular flexibility index (Phi) is 3.91. The van der Waals surface area contributed by atoms with E-state index in [-0.39, 0.29) is 29.7 Å². The molecule has 1 aromatic heterocycles. The van der Waals surface area contributed by atoms with Crippen LogP contribution in [0.1, 0.15) is 52.9 Å². The highest BCUT2D eigenvalue weighted by atomic mass is 16.4. The lowest BCUT2D eigenvalue weighted by atomic mass is 9.87. The van der Waals surface area contributed by atoms with E-state index in [1.54, 1.807) is 24.3 Å². The summed E-state index contributed by atoms with van der Waals surface area (Å²) in [5.41, 5.74) is 2.87. The normalized spacial score (nSPS) is 14.0. The van der Waals surface area contributed by atoms with Gasteiger partial charge < -0.3 is 4.42 Å². The Hall–Kier alpha value is -3.28. The Morgan fingerprint density at radius 3 is 2.04 bits per heavy atom. The predicted molar refractivity (Wildman–Crippen MR) is 99.1 cm³/mol. The molecule has 1 aliphatic heterocycles. The maximum atomic E-state index is 12.4. The summed E-state index contributed by atoms with van der Waals surface area (Å²) in [6, 6.07) is 14.7. The molecular weight excluding hydrogens is 342 g/mol. The average Bonchev–Trinajstić information content (AvgIpc) is 3.21. The first kappa shape index (κ1) is 17.1. The number of aromatic nitrogens is 2. The molecule has 1 aliphatic rings. The molecule has 0 saturated heterocycles. The van der Waals surface area contributed by atoms with Gasteiger partial charge in [-0.1, -0.05) is 45.0 Å². The molecule has 0 fully saturated rings.